The van der Waals surface area contributed by atoms with Gasteiger partial charge in [0, 0.05) is 21.4 Å². The van der Waals surface area contributed by atoms with Crippen molar-refractivity contribution in [2.24, 2.45) is 5.73 Å². The minimum absolute atomic E-state index is 0.0616. The Morgan fingerprint density at radius 1 is 1.10 bits per heavy atom. The normalized spacial score (nSPS) is 10.9. The highest BCUT2D eigenvalue weighted by atomic mass is 35.5. The summed E-state index contributed by atoms with van der Waals surface area (Å²) in [5.74, 6) is -1.49. The number of halogens is 1. The Kier molecular flexibility index (Phi) is 5.79. The number of carbonyl (C=O) groups is 2. The van der Waals surface area contributed by atoms with E-state index < -0.39 is 24.0 Å². The predicted octanol–water partition coefficient (Wildman–Crippen LogP) is 3.02. The van der Waals surface area contributed by atoms with Crippen LogP contribution in [0.1, 0.15) is 16.2 Å². The summed E-state index contributed by atoms with van der Waals surface area (Å²) in [5.41, 5.74) is 6.24. The third kappa shape index (κ3) is 4.47. The summed E-state index contributed by atoms with van der Waals surface area (Å²) in [6.07, 6.45) is 0. The Labute approximate surface area is 184 Å². The maximum absolute atomic E-state index is 12.6. The standard InChI is InChI=1S/C21H15ClN4O4S/c22-13-7-5-12(6-8-13)20-24-14(11-31-20)10-30-17(27)9-26-21(29)16-4-2-1-3-15(16)18(25-26)19(23)28/h1-8,11H,9-10H2,(H2,23,28). The van der Waals surface area contributed by atoms with Crippen molar-refractivity contribution in [3.8, 4) is 10.6 Å². The Morgan fingerprint density at radius 3 is 2.52 bits per heavy atom. The van der Waals surface area contributed by atoms with Gasteiger partial charge in [-0.05, 0) is 18.2 Å². The van der Waals surface area contributed by atoms with E-state index in [1.54, 1.807) is 41.8 Å². The van der Waals surface area contributed by atoms with Gasteiger partial charge >= 0.3 is 5.97 Å². The van der Waals surface area contributed by atoms with Crippen LogP contribution in [0.2, 0.25) is 5.02 Å². The quantitative estimate of drug-likeness (QED) is 0.447. The molecular weight excluding hydrogens is 440 g/mol. The first-order valence-corrected chi connectivity index (χ1v) is 10.3. The smallest absolute Gasteiger partial charge is 0.328 e. The van der Waals surface area contributed by atoms with Gasteiger partial charge in [0.15, 0.2) is 5.69 Å². The van der Waals surface area contributed by atoms with E-state index in [4.69, 9.17) is 22.1 Å². The number of rotatable bonds is 6. The average Bonchev–Trinajstić information content (AvgIpc) is 3.24. The van der Waals surface area contributed by atoms with Gasteiger partial charge in [-0.1, -0.05) is 41.9 Å². The highest BCUT2D eigenvalue weighted by molar-refractivity contribution is 7.13. The van der Waals surface area contributed by atoms with Crippen molar-refractivity contribution in [1.82, 2.24) is 14.8 Å². The molecule has 0 saturated carbocycles. The van der Waals surface area contributed by atoms with E-state index in [0.29, 0.717) is 16.1 Å². The van der Waals surface area contributed by atoms with Crippen LogP contribution in [0.25, 0.3) is 21.3 Å². The molecule has 0 spiro atoms. The molecule has 2 aromatic carbocycles. The summed E-state index contributed by atoms with van der Waals surface area (Å²) < 4.78 is 6.12. The monoisotopic (exact) mass is 454 g/mol. The number of primary amides is 1. The Balaban J connectivity index is 1.48. The highest BCUT2D eigenvalue weighted by Gasteiger charge is 2.17. The SMILES string of the molecule is NC(=O)c1nn(CC(=O)OCc2csc(-c3ccc(Cl)cc3)n2)c(=O)c2ccccc12. The molecule has 0 unspecified atom stereocenters. The molecule has 31 heavy (non-hydrogen) atoms. The Hall–Kier alpha value is -3.56. The van der Waals surface area contributed by atoms with Gasteiger partial charge in [0.25, 0.3) is 11.5 Å². The molecule has 0 fully saturated rings. The van der Waals surface area contributed by atoms with E-state index in [0.717, 1.165) is 15.3 Å². The summed E-state index contributed by atoms with van der Waals surface area (Å²) in [5, 5.41) is 7.70. The molecule has 0 aliphatic carbocycles. The van der Waals surface area contributed by atoms with E-state index in [1.165, 1.54) is 11.3 Å². The molecule has 0 radical (unpaired) electrons. The molecule has 0 saturated heterocycles. The van der Waals surface area contributed by atoms with Crippen LogP contribution in [0, 0.1) is 0 Å². The minimum atomic E-state index is -0.796. The van der Waals surface area contributed by atoms with E-state index in [9.17, 15) is 14.4 Å². The number of thiazole rings is 1. The molecule has 1 amide bonds. The molecule has 4 aromatic rings. The van der Waals surface area contributed by atoms with E-state index in [-0.39, 0.29) is 17.7 Å². The van der Waals surface area contributed by atoms with Crippen LogP contribution >= 0.6 is 22.9 Å². The predicted molar refractivity (Wildman–Crippen MR) is 117 cm³/mol. The van der Waals surface area contributed by atoms with Gasteiger partial charge in [-0.15, -0.1) is 11.3 Å². The number of hydrogen-bond donors (Lipinski definition) is 1. The summed E-state index contributed by atoms with van der Waals surface area (Å²) in [4.78, 5) is 41.1. The lowest BCUT2D eigenvalue weighted by atomic mass is 10.1. The van der Waals surface area contributed by atoms with Crippen LogP contribution < -0.4 is 11.3 Å². The number of nitrogens with two attached hydrogens (primary N) is 1. The van der Waals surface area contributed by atoms with Crippen molar-refractivity contribution in [3.63, 3.8) is 0 Å². The van der Waals surface area contributed by atoms with Crippen molar-refractivity contribution in [2.45, 2.75) is 13.2 Å². The number of hydrogen-bond acceptors (Lipinski definition) is 7. The van der Waals surface area contributed by atoms with Gasteiger partial charge in [-0.2, -0.15) is 5.10 Å². The first-order valence-electron chi connectivity index (χ1n) is 9.08. The largest absolute Gasteiger partial charge is 0.458 e. The van der Waals surface area contributed by atoms with Gasteiger partial charge < -0.3 is 10.5 Å². The van der Waals surface area contributed by atoms with Crippen molar-refractivity contribution in [2.75, 3.05) is 0 Å². The van der Waals surface area contributed by atoms with Crippen molar-refractivity contribution >= 4 is 45.6 Å². The number of benzene rings is 2. The van der Waals surface area contributed by atoms with Crippen molar-refractivity contribution in [1.29, 1.82) is 0 Å². The summed E-state index contributed by atoms with van der Waals surface area (Å²) in [6.45, 7) is -0.522. The Bertz CT molecular complexity index is 1350. The molecule has 156 valence electrons. The third-order valence-corrected chi connectivity index (χ3v) is 5.60. The zero-order valence-corrected chi connectivity index (χ0v) is 17.5. The zero-order chi connectivity index (χ0) is 22.0. The van der Waals surface area contributed by atoms with Crippen LogP contribution in [-0.4, -0.2) is 26.6 Å². The van der Waals surface area contributed by atoms with E-state index in [1.807, 2.05) is 12.1 Å². The molecule has 0 bridgehead atoms. The zero-order valence-electron chi connectivity index (χ0n) is 15.9. The number of amides is 1. The van der Waals surface area contributed by atoms with Crippen molar-refractivity contribution in [3.05, 3.63) is 80.7 Å². The van der Waals surface area contributed by atoms with Crippen LogP contribution in [0.15, 0.2) is 58.7 Å². The molecule has 4 rings (SSSR count). The summed E-state index contributed by atoms with van der Waals surface area (Å²) >= 11 is 7.31. The second-order valence-electron chi connectivity index (χ2n) is 6.53. The average molecular weight is 455 g/mol. The first-order chi connectivity index (χ1) is 14.9. The molecular formula is C21H15ClN4O4S. The van der Waals surface area contributed by atoms with Gasteiger partial charge in [0.05, 0.1) is 11.1 Å². The molecule has 0 aliphatic heterocycles. The minimum Gasteiger partial charge on any atom is -0.458 e. The third-order valence-electron chi connectivity index (χ3n) is 4.40. The van der Waals surface area contributed by atoms with Crippen molar-refractivity contribution < 1.29 is 14.3 Å². The molecule has 0 atom stereocenters. The fourth-order valence-corrected chi connectivity index (χ4v) is 3.88. The number of ether oxygens (including phenoxy) is 1. The first kappa shape index (κ1) is 20.7. The molecule has 2 aromatic heterocycles. The number of esters is 1. The molecule has 0 aliphatic rings. The molecule has 2 N–H and O–H groups in total. The fourth-order valence-electron chi connectivity index (χ4n) is 2.94. The lowest BCUT2D eigenvalue weighted by Gasteiger charge is -2.09. The maximum Gasteiger partial charge on any atom is 0.328 e. The highest BCUT2D eigenvalue weighted by Crippen LogP contribution is 2.25. The summed E-state index contributed by atoms with van der Waals surface area (Å²) in [6, 6.07) is 13.7. The van der Waals surface area contributed by atoms with Gasteiger partial charge in [0.2, 0.25) is 0 Å². The van der Waals surface area contributed by atoms with Crippen LogP contribution in [0.5, 0.6) is 0 Å². The van der Waals surface area contributed by atoms with Gasteiger partial charge in [0.1, 0.15) is 18.2 Å². The topological polar surface area (TPSA) is 117 Å². The van der Waals surface area contributed by atoms with Gasteiger partial charge in [-0.25, -0.2) is 9.67 Å². The summed E-state index contributed by atoms with van der Waals surface area (Å²) in [7, 11) is 0. The number of nitrogens with zero attached hydrogens (tertiary/aromatic N) is 3. The van der Waals surface area contributed by atoms with Gasteiger partial charge in [-0.3, -0.25) is 14.4 Å². The maximum atomic E-state index is 12.6. The van der Waals surface area contributed by atoms with E-state index in [2.05, 4.69) is 10.1 Å². The Morgan fingerprint density at radius 2 is 1.81 bits per heavy atom. The second-order valence-corrected chi connectivity index (χ2v) is 7.83. The van der Waals surface area contributed by atoms with Crippen LogP contribution in [0.4, 0.5) is 0 Å². The fraction of sp³-hybridized carbons (Fsp3) is 0.0952. The lowest BCUT2D eigenvalue weighted by Crippen LogP contribution is -2.31. The number of aromatic nitrogens is 3. The van der Waals surface area contributed by atoms with Crippen LogP contribution in [-0.2, 0) is 22.7 Å². The lowest BCUT2D eigenvalue weighted by molar-refractivity contribution is -0.146. The molecule has 8 nitrogen and oxygen atoms in total. The van der Waals surface area contributed by atoms with Crippen LogP contribution in [0.3, 0.4) is 0 Å². The number of carbonyl (C=O) groups excluding carboxylic acids is 2. The molecule has 10 heteroatoms. The van der Waals surface area contributed by atoms with E-state index >= 15 is 0 Å². The molecule has 2 heterocycles. The second kappa shape index (κ2) is 8.66. The number of fused-ring (bicyclic) bond motifs is 1.